The second-order valence-electron chi connectivity index (χ2n) is 3.96. The van der Waals surface area contributed by atoms with Gasteiger partial charge in [0.15, 0.2) is 12.5 Å². The van der Waals surface area contributed by atoms with Crippen LogP contribution in [0, 0.1) is 0 Å². The Balaban J connectivity index is 1.85. The van der Waals surface area contributed by atoms with E-state index in [9.17, 15) is 13.2 Å². The number of hydrogen-bond donors (Lipinski definition) is 2. The molecule has 0 spiro atoms. The summed E-state index contributed by atoms with van der Waals surface area (Å²) in [6.45, 7) is 1.05. The second kappa shape index (κ2) is 6.03. The molecule has 0 amide bonds. The van der Waals surface area contributed by atoms with E-state index in [0.717, 1.165) is 0 Å². The zero-order valence-electron chi connectivity index (χ0n) is 9.56. The number of rotatable bonds is 6. The first-order chi connectivity index (χ1) is 8.67. The molecule has 100 valence electrons. The van der Waals surface area contributed by atoms with E-state index in [0.29, 0.717) is 31.5 Å². The zero-order chi connectivity index (χ0) is 13.0. The molecule has 0 saturated carbocycles. The van der Waals surface area contributed by atoms with Crippen molar-refractivity contribution in [3.8, 4) is 0 Å². The van der Waals surface area contributed by atoms with Gasteiger partial charge in [0.2, 0.25) is 0 Å². The number of aromatic nitrogens is 3. The molecule has 0 radical (unpaired) electrons. The van der Waals surface area contributed by atoms with E-state index in [2.05, 4.69) is 15.6 Å². The van der Waals surface area contributed by atoms with E-state index >= 15 is 0 Å². The van der Waals surface area contributed by atoms with Gasteiger partial charge in [-0.15, -0.1) is 5.10 Å². The lowest BCUT2D eigenvalue weighted by atomic mass is 10.3. The summed E-state index contributed by atoms with van der Waals surface area (Å²) in [6, 6.07) is 0. The number of aryl methyl sites for hydroxylation is 1. The van der Waals surface area contributed by atoms with E-state index < -0.39 is 16.9 Å². The molecule has 1 aromatic heterocycles. The van der Waals surface area contributed by atoms with E-state index in [1.54, 1.807) is 10.9 Å². The fraction of sp³-hybridized carbons (Fsp3) is 0.667. The minimum Gasteiger partial charge on any atom is -0.350 e. The Kier molecular flexibility index (Phi) is 4.39. The molecule has 0 aliphatic carbocycles. The molecule has 9 heteroatoms. The molecule has 0 bridgehead atoms. The third kappa shape index (κ3) is 3.59. The molecular formula is C9H14N4O4S. The van der Waals surface area contributed by atoms with Crippen LogP contribution in [0.1, 0.15) is 5.69 Å². The molecule has 1 aliphatic rings. The molecule has 2 atom stereocenters. The molecule has 1 N–H and O–H groups in total. The number of nitrogens with zero attached hydrogens (tertiary/aromatic N) is 3. The van der Waals surface area contributed by atoms with E-state index in [4.69, 9.17) is 4.74 Å². The molecule has 2 rings (SSSR count). The molecule has 1 aromatic rings. The fourth-order valence-corrected chi connectivity index (χ4v) is 2.11. The van der Waals surface area contributed by atoms with Gasteiger partial charge in [-0.3, -0.25) is 10.1 Å². The maximum atomic E-state index is 10.5. The predicted molar refractivity (Wildman–Crippen MR) is 61.6 cm³/mol. The Hall–Kier alpha value is -1.32. The van der Waals surface area contributed by atoms with Crippen molar-refractivity contribution in [1.82, 2.24) is 20.3 Å². The molecule has 1 saturated heterocycles. The number of nitrogens with one attached hydrogen (secondary N) is 1. The van der Waals surface area contributed by atoms with E-state index in [1.165, 1.54) is 0 Å². The average Bonchev–Trinajstić information content (AvgIpc) is 2.96. The molecule has 1 fully saturated rings. The summed E-state index contributed by atoms with van der Waals surface area (Å²) in [5.41, 5.74) is 0.632. The van der Waals surface area contributed by atoms with Crippen LogP contribution in [0.2, 0.25) is 0 Å². The normalized spacial score (nSPS) is 23.6. The van der Waals surface area contributed by atoms with Gasteiger partial charge in [0.25, 0.3) is 0 Å². The number of aldehydes is 1. The van der Waals surface area contributed by atoms with Gasteiger partial charge >= 0.3 is 0 Å². The van der Waals surface area contributed by atoms with Crippen LogP contribution in [0.25, 0.3) is 0 Å². The molecular weight excluding hydrogens is 260 g/mol. The van der Waals surface area contributed by atoms with Gasteiger partial charge in [-0.2, -0.15) is 0 Å². The van der Waals surface area contributed by atoms with Gasteiger partial charge in [-0.25, -0.2) is 13.1 Å². The molecule has 8 nitrogen and oxygen atoms in total. The van der Waals surface area contributed by atoms with Crippen molar-refractivity contribution in [2.45, 2.75) is 25.3 Å². The number of hydrogen-bond acceptors (Lipinski definition) is 7. The fourth-order valence-electron chi connectivity index (χ4n) is 1.70. The quantitative estimate of drug-likeness (QED) is 0.454. The first-order valence-electron chi connectivity index (χ1n) is 5.52. The van der Waals surface area contributed by atoms with E-state index in [1.807, 2.05) is 0 Å². The minimum absolute atomic E-state index is 0.0721. The molecule has 18 heavy (non-hydrogen) atoms. The Bertz CT molecular complexity index is 479. The topological polar surface area (TPSA) is 103 Å². The summed E-state index contributed by atoms with van der Waals surface area (Å²) in [6.07, 6.45) is 2.07. The Morgan fingerprint density at radius 3 is 3.11 bits per heavy atom. The van der Waals surface area contributed by atoms with Crippen LogP contribution in [0.4, 0.5) is 0 Å². The van der Waals surface area contributed by atoms with Crippen molar-refractivity contribution >= 4 is 17.0 Å². The standard InChI is InChI=1S/C9H14N4O4S/c14-6-9-10-3-8(17-9)5-13-4-7(11-12-13)1-2-18(15)16/h4,6,8-10,18H,1-3,5H2. The highest BCUT2D eigenvalue weighted by Gasteiger charge is 2.24. The maximum absolute atomic E-state index is 10.5. The third-order valence-electron chi connectivity index (χ3n) is 2.54. The van der Waals surface area contributed by atoms with Crippen LogP contribution >= 0.6 is 0 Å². The second-order valence-corrected chi connectivity index (χ2v) is 5.07. The first kappa shape index (κ1) is 13.1. The van der Waals surface area contributed by atoms with Gasteiger partial charge in [-0.05, 0) is 0 Å². The van der Waals surface area contributed by atoms with Gasteiger partial charge in [0.05, 0.1) is 24.1 Å². The van der Waals surface area contributed by atoms with Crippen LogP contribution in [0.3, 0.4) is 0 Å². The molecule has 1 aliphatic heterocycles. The lowest BCUT2D eigenvalue weighted by molar-refractivity contribution is -0.118. The van der Waals surface area contributed by atoms with Crippen molar-refractivity contribution in [1.29, 1.82) is 0 Å². The first-order valence-corrected chi connectivity index (χ1v) is 6.88. The highest BCUT2D eigenvalue weighted by molar-refractivity contribution is 7.72. The summed E-state index contributed by atoms with van der Waals surface area (Å²) in [4.78, 5) is 10.5. The van der Waals surface area contributed by atoms with Gasteiger partial charge < -0.3 is 4.74 Å². The molecule has 0 aromatic carbocycles. The van der Waals surface area contributed by atoms with Crippen molar-refractivity contribution in [3.63, 3.8) is 0 Å². The summed E-state index contributed by atoms with van der Waals surface area (Å²) < 4.78 is 27.8. The molecule has 2 unspecified atom stereocenters. The summed E-state index contributed by atoms with van der Waals surface area (Å²) in [5.74, 6) is 0.0721. The summed E-state index contributed by atoms with van der Waals surface area (Å²) in [7, 11) is -2.39. The van der Waals surface area contributed by atoms with Crippen molar-refractivity contribution in [2.75, 3.05) is 12.3 Å². The SMILES string of the molecule is O=CC1NCC(Cn2cc(CC[SH](=O)=O)nn2)O1. The van der Waals surface area contributed by atoms with Gasteiger partial charge in [-0.1, -0.05) is 5.21 Å². The minimum atomic E-state index is -2.39. The summed E-state index contributed by atoms with van der Waals surface area (Å²) >= 11 is 0. The predicted octanol–water partition coefficient (Wildman–Crippen LogP) is -2.05. The Morgan fingerprint density at radius 2 is 2.44 bits per heavy atom. The number of carbonyl (C=O) groups excluding carboxylic acids is 1. The molecule has 2 heterocycles. The maximum Gasteiger partial charge on any atom is 0.165 e. The smallest absolute Gasteiger partial charge is 0.165 e. The third-order valence-corrected chi connectivity index (χ3v) is 3.13. The van der Waals surface area contributed by atoms with Crippen LogP contribution in [0.15, 0.2) is 6.20 Å². The van der Waals surface area contributed by atoms with Crippen molar-refractivity contribution in [3.05, 3.63) is 11.9 Å². The largest absolute Gasteiger partial charge is 0.350 e. The summed E-state index contributed by atoms with van der Waals surface area (Å²) in [5, 5.41) is 10.6. The average molecular weight is 274 g/mol. The lowest BCUT2D eigenvalue weighted by Crippen LogP contribution is -2.23. The Morgan fingerprint density at radius 1 is 1.61 bits per heavy atom. The van der Waals surface area contributed by atoms with E-state index in [-0.39, 0.29) is 11.9 Å². The Labute approximate surface area is 105 Å². The van der Waals surface area contributed by atoms with Crippen LogP contribution in [0.5, 0.6) is 0 Å². The number of carbonyl (C=O) groups is 1. The highest BCUT2D eigenvalue weighted by Crippen LogP contribution is 2.06. The van der Waals surface area contributed by atoms with Gasteiger partial charge in [0.1, 0.15) is 10.7 Å². The number of ether oxygens (including phenoxy) is 1. The highest BCUT2D eigenvalue weighted by atomic mass is 32.2. The van der Waals surface area contributed by atoms with Crippen LogP contribution in [-0.2, 0) is 33.2 Å². The monoisotopic (exact) mass is 274 g/mol. The lowest BCUT2D eigenvalue weighted by Gasteiger charge is -2.07. The van der Waals surface area contributed by atoms with Crippen LogP contribution < -0.4 is 5.32 Å². The van der Waals surface area contributed by atoms with Crippen LogP contribution in [-0.4, -0.2) is 54.3 Å². The van der Waals surface area contributed by atoms with Crippen molar-refractivity contribution in [2.24, 2.45) is 0 Å². The van der Waals surface area contributed by atoms with Gasteiger partial charge in [0, 0.05) is 19.2 Å². The number of thiol groups is 1. The zero-order valence-corrected chi connectivity index (χ0v) is 10.5. The van der Waals surface area contributed by atoms with Crippen molar-refractivity contribution < 1.29 is 17.9 Å².